The Balaban J connectivity index is 1.67. The van der Waals surface area contributed by atoms with E-state index >= 15 is 0 Å². The summed E-state index contributed by atoms with van der Waals surface area (Å²) >= 11 is 0. The highest BCUT2D eigenvalue weighted by Crippen LogP contribution is 2.37. The van der Waals surface area contributed by atoms with Crippen LogP contribution in [0.25, 0.3) is 11.3 Å². The fourth-order valence-corrected chi connectivity index (χ4v) is 4.10. The summed E-state index contributed by atoms with van der Waals surface area (Å²) < 4.78 is 0. The van der Waals surface area contributed by atoms with Crippen LogP contribution in [0.5, 0.6) is 5.75 Å². The molecule has 1 saturated heterocycles. The van der Waals surface area contributed by atoms with Gasteiger partial charge in [0.05, 0.1) is 11.6 Å². The number of hydrogen-bond acceptors (Lipinski definition) is 6. The molecule has 2 aliphatic rings. The number of hydrogen-bond donors (Lipinski definition) is 2. The molecule has 1 atom stereocenters. The predicted octanol–water partition coefficient (Wildman–Crippen LogP) is 2.72. The van der Waals surface area contributed by atoms with Crippen molar-refractivity contribution in [3.63, 3.8) is 0 Å². The molecule has 134 valence electrons. The minimum absolute atomic E-state index is 0.0852. The summed E-state index contributed by atoms with van der Waals surface area (Å²) in [5, 5.41) is 31.8. The Labute approximate surface area is 153 Å². The first-order chi connectivity index (χ1) is 12.7. The molecule has 6 nitrogen and oxygen atoms in total. The first kappa shape index (κ1) is 16.8. The van der Waals surface area contributed by atoms with Gasteiger partial charge in [0.2, 0.25) is 0 Å². The second kappa shape index (κ2) is 6.93. The maximum Gasteiger partial charge on any atom is 0.152 e. The van der Waals surface area contributed by atoms with E-state index in [4.69, 9.17) is 5.26 Å². The Kier molecular flexibility index (Phi) is 4.48. The number of aromatic nitrogens is 2. The van der Waals surface area contributed by atoms with Gasteiger partial charge in [0.15, 0.2) is 5.82 Å². The van der Waals surface area contributed by atoms with Gasteiger partial charge in [0.25, 0.3) is 0 Å². The number of phenols is 1. The normalized spacial score (nSPS) is 19.8. The Morgan fingerprint density at radius 2 is 2.08 bits per heavy atom. The van der Waals surface area contributed by atoms with Crippen LogP contribution in [-0.2, 0) is 12.8 Å². The van der Waals surface area contributed by atoms with E-state index in [9.17, 15) is 5.11 Å². The molecule has 0 spiro atoms. The Morgan fingerprint density at radius 1 is 1.23 bits per heavy atom. The van der Waals surface area contributed by atoms with Gasteiger partial charge < -0.3 is 15.3 Å². The van der Waals surface area contributed by atoms with Crippen molar-refractivity contribution >= 4 is 5.82 Å². The van der Waals surface area contributed by atoms with Crippen LogP contribution in [0.1, 0.15) is 36.0 Å². The lowest BCUT2D eigenvalue weighted by molar-refractivity contribution is 0.260. The van der Waals surface area contributed by atoms with Gasteiger partial charge in [0.1, 0.15) is 11.4 Å². The van der Waals surface area contributed by atoms with Crippen molar-refractivity contribution in [3.8, 4) is 23.1 Å². The van der Waals surface area contributed by atoms with Crippen molar-refractivity contribution in [1.82, 2.24) is 15.1 Å². The van der Waals surface area contributed by atoms with E-state index in [1.165, 1.54) is 23.6 Å². The zero-order valence-corrected chi connectivity index (χ0v) is 15.0. The smallest absolute Gasteiger partial charge is 0.152 e. The van der Waals surface area contributed by atoms with Crippen LogP contribution in [0.15, 0.2) is 18.2 Å². The van der Waals surface area contributed by atoms with Crippen molar-refractivity contribution in [2.24, 2.45) is 0 Å². The summed E-state index contributed by atoms with van der Waals surface area (Å²) in [6.07, 6.45) is 5.35. The van der Waals surface area contributed by atoms with Crippen LogP contribution in [0, 0.1) is 11.3 Å². The molecule has 1 fully saturated rings. The lowest BCUT2D eigenvalue weighted by Gasteiger charge is -2.31. The van der Waals surface area contributed by atoms with E-state index in [2.05, 4.69) is 27.5 Å². The monoisotopic (exact) mass is 349 g/mol. The molecule has 0 radical (unpaired) electrons. The SMILES string of the molecule is CN1CCCC(Nc2nnc(-c3ccc(C#N)cc3O)c3c2CCC3)C1. The highest BCUT2D eigenvalue weighted by molar-refractivity contribution is 5.73. The molecule has 0 amide bonds. The molecule has 26 heavy (non-hydrogen) atoms. The van der Waals surface area contributed by atoms with Gasteiger partial charge in [-0.1, -0.05) is 0 Å². The third kappa shape index (κ3) is 3.11. The molecule has 6 heteroatoms. The number of aromatic hydroxyl groups is 1. The number of piperidine rings is 1. The van der Waals surface area contributed by atoms with Crippen LogP contribution in [0.2, 0.25) is 0 Å². The van der Waals surface area contributed by atoms with Crippen molar-refractivity contribution in [1.29, 1.82) is 5.26 Å². The molecule has 0 saturated carbocycles. The molecular weight excluding hydrogens is 326 g/mol. The zero-order valence-electron chi connectivity index (χ0n) is 15.0. The van der Waals surface area contributed by atoms with Crippen molar-refractivity contribution < 1.29 is 5.11 Å². The van der Waals surface area contributed by atoms with Crippen LogP contribution in [0.3, 0.4) is 0 Å². The van der Waals surface area contributed by atoms with E-state index in [0.717, 1.165) is 50.3 Å². The molecule has 1 aromatic heterocycles. The van der Waals surface area contributed by atoms with Gasteiger partial charge in [-0.2, -0.15) is 5.26 Å². The largest absolute Gasteiger partial charge is 0.507 e. The number of benzene rings is 1. The molecule has 1 unspecified atom stereocenters. The number of fused-ring (bicyclic) bond motifs is 1. The topological polar surface area (TPSA) is 85.1 Å². The quantitative estimate of drug-likeness (QED) is 0.886. The summed E-state index contributed by atoms with van der Waals surface area (Å²) in [4.78, 5) is 2.35. The van der Waals surface area contributed by atoms with Crippen molar-refractivity contribution in [2.75, 3.05) is 25.5 Å². The number of likely N-dealkylation sites (N-methyl/N-ethyl adjacent to an activating group) is 1. The van der Waals surface area contributed by atoms with Crippen LogP contribution < -0.4 is 5.32 Å². The highest BCUT2D eigenvalue weighted by Gasteiger charge is 2.25. The number of likely N-dealkylation sites (tertiary alicyclic amines) is 1. The summed E-state index contributed by atoms with van der Waals surface area (Å²) in [5.74, 6) is 0.983. The van der Waals surface area contributed by atoms with Gasteiger partial charge in [-0.15, -0.1) is 10.2 Å². The van der Waals surface area contributed by atoms with E-state index in [1.807, 2.05) is 6.07 Å². The second-order valence-corrected chi connectivity index (χ2v) is 7.30. The van der Waals surface area contributed by atoms with Crippen molar-refractivity contribution in [3.05, 3.63) is 34.9 Å². The third-order valence-electron chi connectivity index (χ3n) is 5.39. The maximum atomic E-state index is 10.3. The lowest BCUT2D eigenvalue weighted by atomic mass is 10.0. The fraction of sp³-hybridized carbons (Fsp3) is 0.450. The number of nitrogens with one attached hydrogen (secondary N) is 1. The summed E-state index contributed by atoms with van der Waals surface area (Å²) in [5.41, 5.74) is 4.23. The molecular formula is C20H23N5O. The number of rotatable bonds is 3. The molecule has 1 aromatic carbocycles. The highest BCUT2D eigenvalue weighted by atomic mass is 16.3. The maximum absolute atomic E-state index is 10.3. The lowest BCUT2D eigenvalue weighted by Crippen LogP contribution is -2.40. The van der Waals surface area contributed by atoms with E-state index < -0.39 is 0 Å². The first-order valence-electron chi connectivity index (χ1n) is 9.22. The molecule has 1 aliphatic heterocycles. The summed E-state index contributed by atoms with van der Waals surface area (Å²) in [6, 6.07) is 7.41. The fourth-order valence-electron chi connectivity index (χ4n) is 4.10. The minimum atomic E-state index is 0.0852. The van der Waals surface area contributed by atoms with Gasteiger partial charge in [-0.25, -0.2) is 0 Å². The van der Waals surface area contributed by atoms with E-state index in [0.29, 0.717) is 17.2 Å². The molecule has 2 N–H and O–H groups in total. The molecule has 1 aliphatic carbocycles. The second-order valence-electron chi connectivity index (χ2n) is 7.30. The Hall–Kier alpha value is -2.65. The summed E-state index contributed by atoms with van der Waals surface area (Å²) in [7, 11) is 2.15. The van der Waals surface area contributed by atoms with Crippen LogP contribution in [-0.4, -0.2) is 46.4 Å². The predicted molar refractivity (Wildman–Crippen MR) is 100 cm³/mol. The average molecular weight is 349 g/mol. The van der Waals surface area contributed by atoms with Crippen molar-refractivity contribution in [2.45, 2.75) is 38.1 Å². The van der Waals surface area contributed by atoms with Gasteiger partial charge >= 0.3 is 0 Å². The first-order valence-corrected chi connectivity index (χ1v) is 9.22. The number of nitriles is 1. The van der Waals surface area contributed by atoms with E-state index in [-0.39, 0.29) is 5.75 Å². The zero-order chi connectivity index (χ0) is 18.1. The summed E-state index contributed by atoms with van der Waals surface area (Å²) in [6.45, 7) is 2.17. The third-order valence-corrected chi connectivity index (χ3v) is 5.39. The number of anilines is 1. The van der Waals surface area contributed by atoms with Gasteiger partial charge in [-0.3, -0.25) is 0 Å². The molecule has 4 rings (SSSR count). The van der Waals surface area contributed by atoms with Gasteiger partial charge in [-0.05, 0) is 69.5 Å². The Morgan fingerprint density at radius 3 is 2.85 bits per heavy atom. The Bertz CT molecular complexity index is 873. The standard InChI is InChI=1S/C20H23N5O/c1-25-9-3-4-14(12-25)22-20-16-6-2-5-15(16)19(23-24-20)17-8-7-13(11-21)10-18(17)26/h7-8,10,14,26H,2-6,9,12H2,1H3,(H,22,24). The van der Waals surface area contributed by atoms with Crippen LogP contribution >= 0.6 is 0 Å². The minimum Gasteiger partial charge on any atom is -0.507 e. The number of phenolic OH excluding ortho intramolecular Hbond substituents is 1. The van der Waals surface area contributed by atoms with Gasteiger partial charge in [0, 0.05) is 23.7 Å². The average Bonchev–Trinajstić information content (AvgIpc) is 3.13. The molecule has 2 aromatic rings. The van der Waals surface area contributed by atoms with E-state index in [1.54, 1.807) is 12.1 Å². The number of nitrogens with zero attached hydrogens (tertiary/aromatic N) is 4. The molecule has 2 heterocycles. The molecule has 0 bridgehead atoms. The van der Waals surface area contributed by atoms with Crippen LogP contribution in [0.4, 0.5) is 5.82 Å².